The smallest absolute Gasteiger partial charge is 0.283 e. The summed E-state index contributed by atoms with van der Waals surface area (Å²) in [6, 6.07) is 16.1. The Morgan fingerprint density at radius 2 is 1.82 bits per heavy atom. The number of thiophene rings is 1. The van der Waals surface area contributed by atoms with Crippen molar-refractivity contribution in [3.05, 3.63) is 82.3 Å². The van der Waals surface area contributed by atoms with Crippen LogP contribution >= 0.6 is 11.3 Å². The molecule has 2 aromatic heterocycles. The van der Waals surface area contributed by atoms with Gasteiger partial charge in [-0.2, -0.15) is 0 Å². The number of hydrogen-bond acceptors (Lipinski definition) is 5. The number of rotatable bonds is 9. The topological polar surface area (TPSA) is 88.1 Å². The molecule has 0 aliphatic heterocycles. The van der Waals surface area contributed by atoms with Crippen LogP contribution in [0.25, 0.3) is 16.7 Å². The van der Waals surface area contributed by atoms with Gasteiger partial charge in [0.15, 0.2) is 5.83 Å². The number of halogens is 2. The number of nitrogens with one attached hydrogen (secondary N) is 3. The molecule has 4 rings (SSSR count). The fourth-order valence-electron chi connectivity index (χ4n) is 3.93. The summed E-state index contributed by atoms with van der Waals surface area (Å²) in [5.74, 6) is -2.23. The van der Waals surface area contributed by atoms with Gasteiger partial charge in [-0.05, 0) is 67.3 Å². The van der Waals surface area contributed by atoms with Crippen molar-refractivity contribution >= 4 is 45.8 Å². The minimum absolute atomic E-state index is 0.0969. The molecule has 0 spiro atoms. The largest absolute Gasteiger partial charge is 0.320 e. The number of anilines is 2. The minimum atomic E-state index is -1.18. The summed E-state index contributed by atoms with van der Waals surface area (Å²) < 4.78 is 28.8. The lowest BCUT2D eigenvalue weighted by atomic mass is 9.88. The van der Waals surface area contributed by atoms with Gasteiger partial charge >= 0.3 is 0 Å². The van der Waals surface area contributed by atoms with E-state index in [4.69, 9.17) is 4.98 Å². The Labute approximate surface area is 236 Å². The number of nitrogens with zero attached hydrogens (tertiary/aromatic N) is 2. The molecule has 7 nitrogen and oxygen atoms in total. The summed E-state index contributed by atoms with van der Waals surface area (Å²) in [4.78, 5) is 30.5. The Morgan fingerprint density at radius 1 is 1.07 bits per heavy atom. The number of carbonyl (C=O) groups excluding carboxylic acids is 2. The van der Waals surface area contributed by atoms with Crippen LogP contribution in [0.2, 0.25) is 0 Å². The molecule has 4 aromatic rings. The molecule has 2 amide bonds. The van der Waals surface area contributed by atoms with E-state index in [1.165, 1.54) is 6.92 Å². The van der Waals surface area contributed by atoms with E-state index in [0.29, 0.717) is 38.7 Å². The highest BCUT2D eigenvalue weighted by Crippen LogP contribution is 2.30. The number of imidazole rings is 1. The maximum Gasteiger partial charge on any atom is 0.283 e. The van der Waals surface area contributed by atoms with E-state index in [2.05, 4.69) is 50.2 Å². The molecular formula is C30H33F2N5O2S. The minimum Gasteiger partial charge on any atom is -0.320 e. The molecule has 1 unspecified atom stereocenters. The average molecular weight is 566 g/mol. The normalized spacial score (nSPS) is 13.2. The van der Waals surface area contributed by atoms with E-state index in [1.54, 1.807) is 41.0 Å². The van der Waals surface area contributed by atoms with Crippen LogP contribution in [0, 0.1) is 5.41 Å². The average Bonchev–Trinajstić information content (AvgIpc) is 3.52. The van der Waals surface area contributed by atoms with Crippen LogP contribution in [0.15, 0.2) is 67.0 Å². The van der Waals surface area contributed by atoms with E-state index in [9.17, 15) is 18.4 Å². The fraction of sp³-hybridized carbons (Fsp3) is 0.300. The Bertz CT molecular complexity index is 1570. The molecule has 0 bridgehead atoms. The first-order valence-electron chi connectivity index (χ1n) is 12.9. The van der Waals surface area contributed by atoms with Crippen LogP contribution in [-0.2, 0) is 11.3 Å². The Morgan fingerprint density at radius 3 is 2.48 bits per heavy atom. The van der Waals surface area contributed by atoms with Gasteiger partial charge in [0, 0.05) is 23.2 Å². The molecule has 2 atom stereocenters. The number of amides is 2. The molecule has 2 heterocycles. The zero-order valence-electron chi connectivity index (χ0n) is 23.1. The van der Waals surface area contributed by atoms with Gasteiger partial charge in [0.25, 0.3) is 11.8 Å². The molecule has 0 radical (unpaired) electrons. The highest BCUT2D eigenvalue weighted by molar-refractivity contribution is 7.14. The molecular weight excluding hydrogens is 532 g/mol. The number of aromatic nitrogens is 2. The predicted octanol–water partition coefficient (Wildman–Crippen LogP) is 7.32. The Hall–Kier alpha value is -3.89. The molecule has 0 saturated carbocycles. The standard InChI is InChI=1S/C30H33F2N5O2S/c1-17(31)25-12-13-26(40-25)28(39)36-29-35-23-14-20(16-33-19(3)30(4,5)6)10-11-24(23)37(29)22-9-7-8-21(15-22)34-27(38)18(2)32/h7-15,17,19,33H,2,16H2,1,3-6H3,(H,34,38)(H,35,36,39)/t17?,19-/m0/s1. The van der Waals surface area contributed by atoms with E-state index in [-0.39, 0.29) is 17.4 Å². The summed E-state index contributed by atoms with van der Waals surface area (Å²) in [6.45, 7) is 13.8. The third kappa shape index (κ3) is 6.63. The van der Waals surface area contributed by atoms with Crippen molar-refractivity contribution < 1.29 is 18.4 Å². The van der Waals surface area contributed by atoms with Gasteiger partial charge < -0.3 is 10.6 Å². The predicted molar refractivity (Wildman–Crippen MR) is 157 cm³/mol. The summed E-state index contributed by atoms with van der Waals surface area (Å²) in [5, 5.41) is 8.87. The highest BCUT2D eigenvalue weighted by atomic mass is 32.1. The second-order valence-corrected chi connectivity index (χ2v) is 11.9. The van der Waals surface area contributed by atoms with Crippen molar-refractivity contribution in [1.82, 2.24) is 14.9 Å². The zero-order valence-corrected chi connectivity index (χ0v) is 24.0. The molecule has 10 heteroatoms. The fourth-order valence-corrected chi connectivity index (χ4v) is 4.76. The first kappa shape index (κ1) is 29.1. The lowest BCUT2D eigenvalue weighted by Crippen LogP contribution is -2.37. The van der Waals surface area contributed by atoms with Crippen LogP contribution in [-0.4, -0.2) is 27.4 Å². The molecule has 3 N–H and O–H groups in total. The number of fused-ring (bicyclic) bond motifs is 1. The van der Waals surface area contributed by atoms with E-state index in [1.807, 2.05) is 18.2 Å². The van der Waals surface area contributed by atoms with Gasteiger partial charge in [-0.25, -0.2) is 13.8 Å². The second-order valence-electron chi connectivity index (χ2n) is 10.7. The number of alkyl halides is 1. The van der Waals surface area contributed by atoms with Crippen LogP contribution < -0.4 is 16.0 Å². The zero-order chi connectivity index (χ0) is 29.2. The first-order valence-corrected chi connectivity index (χ1v) is 13.7. The lowest BCUT2D eigenvalue weighted by molar-refractivity contribution is -0.114. The summed E-state index contributed by atoms with van der Waals surface area (Å²) in [7, 11) is 0. The SMILES string of the molecule is C=C(F)C(=O)Nc1cccc(-n2c(NC(=O)c3ccc(C(C)F)s3)nc3cc(CN[C@@H](C)C(C)(C)C)ccc32)c1. The number of hydrogen-bond donors (Lipinski definition) is 3. The Balaban J connectivity index is 1.73. The molecule has 2 aromatic carbocycles. The third-order valence-corrected chi connectivity index (χ3v) is 7.94. The second kappa shape index (κ2) is 11.7. The summed E-state index contributed by atoms with van der Waals surface area (Å²) in [5.41, 5.74) is 3.40. The quantitative estimate of drug-likeness (QED) is 0.186. The molecule has 0 fully saturated rings. The van der Waals surface area contributed by atoms with E-state index < -0.39 is 23.8 Å². The maximum absolute atomic E-state index is 13.8. The van der Waals surface area contributed by atoms with E-state index >= 15 is 0 Å². The van der Waals surface area contributed by atoms with E-state index in [0.717, 1.165) is 16.9 Å². The van der Waals surface area contributed by atoms with Gasteiger partial charge in [-0.1, -0.05) is 39.5 Å². The van der Waals surface area contributed by atoms with Gasteiger partial charge in [0.2, 0.25) is 5.95 Å². The Kier molecular flexibility index (Phi) is 8.51. The van der Waals surface area contributed by atoms with Crippen LogP contribution in [0.5, 0.6) is 0 Å². The highest BCUT2D eigenvalue weighted by Gasteiger charge is 2.21. The van der Waals surface area contributed by atoms with Crippen LogP contribution in [0.3, 0.4) is 0 Å². The van der Waals surface area contributed by atoms with Crippen molar-refractivity contribution in [3.63, 3.8) is 0 Å². The maximum atomic E-state index is 13.8. The molecule has 40 heavy (non-hydrogen) atoms. The monoisotopic (exact) mass is 565 g/mol. The van der Waals surface area contributed by atoms with Gasteiger partial charge in [0.05, 0.1) is 21.6 Å². The van der Waals surface area contributed by atoms with Gasteiger partial charge in [-0.3, -0.25) is 19.5 Å². The molecule has 0 aliphatic rings. The third-order valence-electron chi connectivity index (χ3n) is 6.71. The lowest BCUT2D eigenvalue weighted by Gasteiger charge is -2.28. The van der Waals surface area contributed by atoms with Crippen LogP contribution in [0.4, 0.5) is 20.4 Å². The molecule has 210 valence electrons. The molecule has 0 aliphatic carbocycles. The summed E-state index contributed by atoms with van der Waals surface area (Å²) >= 11 is 1.08. The number of carbonyl (C=O) groups is 2. The number of benzene rings is 2. The molecule has 0 saturated heterocycles. The van der Waals surface area contributed by atoms with Crippen molar-refractivity contribution in [1.29, 1.82) is 0 Å². The summed E-state index contributed by atoms with van der Waals surface area (Å²) in [6.07, 6.45) is -1.18. The van der Waals surface area contributed by atoms with Crippen molar-refractivity contribution in [2.45, 2.75) is 53.4 Å². The van der Waals surface area contributed by atoms with Gasteiger partial charge in [-0.15, -0.1) is 11.3 Å². The first-order chi connectivity index (χ1) is 18.8. The van der Waals surface area contributed by atoms with Crippen molar-refractivity contribution in [2.75, 3.05) is 10.6 Å². The van der Waals surface area contributed by atoms with Crippen LogP contribution in [0.1, 0.15) is 60.9 Å². The van der Waals surface area contributed by atoms with Gasteiger partial charge in [0.1, 0.15) is 6.17 Å². The van der Waals surface area contributed by atoms with Crippen molar-refractivity contribution in [2.24, 2.45) is 5.41 Å². The van der Waals surface area contributed by atoms with Crippen molar-refractivity contribution in [3.8, 4) is 5.69 Å².